The highest BCUT2D eigenvalue weighted by Gasteiger charge is 2.30. The van der Waals surface area contributed by atoms with Gasteiger partial charge in [0.2, 0.25) is 5.91 Å². The van der Waals surface area contributed by atoms with Gasteiger partial charge in [0.05, 0.1) is 19.2 Å². The van der Waals surface area contributed by atoms with Crippen molar-refractivity contribution in [3.63, 3.8) is 0 Å². The van der Waals surface area contributed by atoms with Gasteiger partial charge in [-0.05, 0) is 19.8 Å². The van der Waals surface area contributed by atoms with Crippen LogP contribution in [0.5, 0.6) is 6.01 Å². The number of piperidine rings is 1. The van der Waals surface area contributed by atoms with E-state index in [9.17, 15) is 4.79 Å². The molecule has 0 aromatic carbocycles. The third-order valence-corrected chi connectivity index (χ3v) is 3.71. The van der Waals surface area contributed by atoms with Crippen molar-refractivity contribution < 1.29 is 9.53 Å². The van der Waals surface area contributed by atoms with Crippen LogP contribution in [-0.2, 0) is 4.79 Å². The summed E-state index contributed by atoms with van der Waals surface area (Å²) in [6.07, 6.45) is 3.17. The van der Waals surface area contributed by atoms with Gasteiger partial charge in [0.15, 0.2) is 5.82 Å². The summed E-state index contributed by atoms with van der Waals surface area (Å²) in [5, 5.41) is 0.442. The number of ether oxygens (including phenoxy) is 1. The van der Waals surface area contributed by atoms with Gasteiger partial charge in [-0.15, -0.1) is 0 Å². The topological polar surface area (TPSA) is 81.3 Å². The number of amides is 1. The third-order valence-electron chi connectivity index (χ3n) is 3.44. The van der Waals surface area contributed by atoms with Crippen molar-refractivity contribution >= 4 is 23.3 Å². The van der Waals surface area contributed by atoms with Gasteiger partial charge in [-0.1, -0.05) is 11.6 Å². The molecule has 1 aliphatic heterocycles. The van der Waals surface area contributed by atoms with Crippen LogP contribution in [0.2, 0.25) is 5.02 Å². The number of carbonyl (C=O) groups is 1. The van der Waals surface area contributed by atoms with Crippen LogP contribution in [0, 0.1) is 5.92 Å². The van der Waals surface area contributed by atoms with Crippen LogP contribution in [0.15, 0.2) is 6.20 Å². The number of hydrogen-bond acceptors (Lipinski definition) is 5. The second-order valence-corrected chi connectivity index (χ2v) is 5.11. The van der Waals surface area contributed by atoms with Gasteiger partial charge >= 0.3 is 6.01 Å². The van der Waals surface area contributed by atoms with E-state index in [1.807, 2.05) is 4.90 Å². The van der Waals surface area contributed by atoms with Crippen LogP contribution in [-0.4, -0.2) is 35.6 Å². The number of aromatic nitrogens is 2. The molecule has 2 rings (SSSR count). The molecule has 0 bridgehead atoms. The molecule has 2 atom stereocenters. The lowest BCUT2D eigenvalue weighted by atomic mass is 9.93. The first-order valence-corrected chi connectivity index (χ1v) is 6.53. The molecule has 0 unspecified atom stereocenters. The molecule has 7 heteroatoms. The van der Waals surface area contributed by atoms with Crippen LogP contribution in [0.3, 0.4) is 0 Å². The zero-order valence-electron chi connectivity index (χ0n) is 11.0. The maximum atomic E-state index is 11.4. The van der Waals surface area contributed by atoms with Crippen LogP contribution >= 0.6 is 11.6 Å². The molecule has 1 fully saturated rings. The Hall–Kier alpha value is -1.56. The number of primary amides is 1. The van der Waals surface area contributed by atoms with Crippen molar-refractivity contribution in [1.82, 2.24) is 9.97 Å². The van der Waals surface area contributed by atoms with Crippen molar-refractivity contribution in [3.8, 4) is 6.01 Å². The first kappa shape index (κ1) is 13.9. The van der Waals surface area contributed by atoms with Crippen molar-refractivity contribution in [3.05, 3.63) is 11.2 Å². The molecule has 0 aliphatic carbocycles. The summed E-state index contributed by atoms with van der Waals surface area (Å²) in [6.45, 7) is 2.60. The quantitative estimate of drug-likeness (QED) is 0.903. The molecule has 1 saturated heterocycles. The zero-order valence-corrected chi connectivity index (χ0v) is 11.7. The minimum Gasteiger partial charge on any atom is -0.467 e. The molecular weight excluding hydrogens is 268 g/mol. The predicted molar refractivity (Wildman–Crippen MR) is 72.3 cm³/mol. The molecule has 19 heavy (non-hydrogen) atoms. The molecule has 2 N–H and O–H groups in total. The predicted octanol–water partition coefficient (Wildman–Crippen LogP) is 1.23. The minimum atomic E-state index is -0.283. The highest BCUT2D eigenvalue weighted by Crippen LogP contribution is 2.31. The molecule has 0 spiro atoms. The largest absolute Gasteiger partial charge is 0.467 e. The Labute approximate surface area is 116 Å². The molecule has 2 heterocycles. The van der Waals surface area contributed by atoms with E-state index in [2.05, 4.69) is 16.9 Å². The van der Waals surface area contributed by atoms with E-state index in [0.29, 0.717) is 17.4 Å². The van der Waals surface area contributed by atoms with Gasteiger partial charge < -0.3 is 15.4 Å². The van der Waals surface area contributed by atoms with E-state index >= 15 is 0 Å². The molecular formula is C12H17ClN4O2. The number of anilines is 1. The lowest BCUT2D eigenvalue weighted by Gasteiger charge is -2.38. The average molecular weight is 285 g/mol. The Balaban J connectivity index is 2.30. The smallest absolute Gasteiger partial charge is 0.318 e. The first-order chi connectivity index (χ1) is 9.02. The molecule has 1 aliphatic rings. The SMILES string of the molecule is COc1ncc(Cl)c(N2C[C@H](C(N)=O)CC[C@@H]2C)n1. The molecule has 1 aromatic rings. The fraction of sp³-hybridized carbons (Fsp3) is 0.583. The van der Waals surface area contributed by atoms with Crippen molar-refractivity contribution in [2.24, 2.45) is 11.7 Å². The van der Waals surface area contributed by atoms with Gasteiger partial charge in [0.1, 0.15) is 5.02 Å². The lowest BCUT2D eigenvalue weighted by molar-refractivity contribution is -0.122. The normalized spacial score (nSPS) is 23.2. The van der Waals surface area contributed by atoms with Crippen LogP contribution in [0.1, 0.15) is 19.8 Å². The Kier molecular flexibility index (Phi) is 4.09. The monoisotopic (exact) mass is 284 g/mol. The number of nitrogens with two attached hydrogens (primary N) is 1. The summed E-state index contributed by atoms with van der Waals surface area (Å²) in [7, 11) is 1.50. The van der Waals surface area contributed by atoms with Gasteiger partial charge in [0.25, 0.3) is 0 Å². The second kappa shape index (κ2) is 5.61. The van der Waals surface area contributed by atoms with Gasteiger partial charge in [0, 0.05) is 12.6 Å². The van der Waals surface area contributed by atoms with E-state index in [1.165, 1.54) is 13.3 Å². The van der Waals surface area contributed by atoms with Gasteiger partial charge in [-0.3, -0.25) is 4.79 Å². The summed E-state index contributed by atoms with van der Waals surface area (Å²) >= 11 is 6.14. The van der Waals surface area contributed by atoms with Crippen LogP contribution < -0.4 is 15.4 Å². The number of carbonyl (C=O) groups excluding carboxylic acids is 1. The third kappa shape index (κ3) is 2.89. The standard InChI is InChI=1S/C12H17ClN4O2/c1-7-3-4-8(10(14)18)6-17(7)11-9(13)5-15-12(16-11)19-2/h5,7-8H,3-4,6H2,1-2H3,(H2,14,18)/t7-,8+/m0/s1. The fourth-order valence-corrected chi connectivity index (χ4v) is 2.48. The molecule has 0 radical (unpaired) electrons. The van der Waals surface area contributed by atoms with Gasteiger partial charge in [-0.2, -0.15) is 4.98 Å². The van der Waals surface area contributed by atoms with E-state index < -0.39 is 0 Å². The molecule has 1 amide bonds. The van der Waals surface area contributed by atoms with Crippen LogP contribution in [0.4, 0.5) is 5.82 Å². The lowest BCUT2D eigenvalue weighted by Crippen LogP contribution is -2.46. The number of rotatable bonds is 3. The fourth-order valence-electron chi connectivity index (χ4n) is 2.28. The van der Waals surface area contributed by atoms with E-state index in [1.54, 1.807) is 0 Å². The number of halogens is 1. The summed E-state index contributed by atoms with van der Waals surface area (Å²) in [5.74, 6) is 0.134. The second-order valence-electron chi connectivity index (χ2n) is 4.71. The van der Waals surface area contributed by atoms with E-state index in [-0.39, 0.29) is 23.9 Å². The maximum Gasteiger partial charge on any atom is 0.318 e. The average Bonchev–Trinajstić information content (AvgIpc) is 2.40. The summed E-state index contributed by atoms with van der Waals surface area (Å²) in [4.78, 5) is 21.6. The minimum absolute atomic E-state index is 0.173. The molecule has 0 saturated carbocycles. The summed E-state index contributed by atoms with van der Waals surface area (Å²) in [5.41, 5.74) is 5.39. The Morgan fingerprint density at radius 2 is 2.32 bits per heavy atom. The van der Waals surface area contributed by atoms with Crippen molar-refractivity contribution in [2.45, 2.75) is 25.8 Å². The Morgan fingerprint density at radius 1 is 1.58 bits per heavy atom. The molecule has 6 nitrogen and oxygen atoms in total. The summed E-state index contributed by atoms with van der Waals surface area (Å²) < 4.78 is 5.01. The zero-order chi connectivity index (χ0) is 14.0. The first-order valence-electron chi connectivity index (χ1n) is 6.15. The highest BCUT2D eigenvalue weighted by atomic mass is 35.5. The van der Waals surface area contributed by atoms with E-state index in [4.69, 9.17) is 22.1 Å². The van der Waals surface area contributed by atoms with E-state index in [0.717, 1.165) is 12.8 Å². The van der Waals surface area contributed by atoms with Crippen molar-refractivity contribution in [1.29, 1.82) is 0 Å². The number of methoxy groups -OCH3 is 1. The number of nitrogens with zero attached hydrogens (tertiary/aromatic N) is 3. The van der Waals surface area contributed by atoms with Crippen LogP contribution in [0.25, 0.3) is 0 Å². The molecule has 104 valence electrons. The summed E-state index contributed by atoms with van der Waals surface area (Å²) in [6, 6.07) is 0.500. The highest BCUT2D eigenvalue weighted by molar-refractivity contribution is 6.32. The molecule has 1 aromatic heterocycles. The Morgan fingerprint density at radius 3 is 2.95 bits per heavy atom. The number of hydrogen-bond donors (Lipinski definition) is 1. The van der Waals surface area contributed by atoms with Gasteiger partial charge in [-0.25, -0.2) is 4.98 Å². The Bertz CT molecular complexity index is 483. The maximum absolute atomic E-state index is 11.4. The van der Waals surface area contributed by atoms with Crippen molar-refractivity contribution in [2.75, 3.05) is 18.6 Å².